The molecule has 0 saturated heterocycles. The Bertz CT molecular complexity index is 1160. The molecule has 0 spiro atoms. The van der Waals surface area contributed by atoms with E-state index in [0.717, 1.165) is 11.6 Å². The van der Waals surface area contributed by atoms with Gasteiger partial charge in [0.1, 0.15) is 6.10 Å². The molecule has 2 atom stereocenters. The predicted molar refractivity (Wildman–Crippen MR) is 127 cm³/mol. The zero-order valence-corrected chi connectivity index (χ0v) is 18.9. The number of amides is 1. The Morgan fingerprint density at radius 1 is 1.26 bits per heavy atom. The fraction of sp³-hybridized carbons (Fsp3) is 0.292. The summed E-state index contributed by atoms with van der Waals surface area (Å²) in [6.07, 6.45) is -4.34. The van der Waals surface area contributed by atoms with Gasteiger partial charge in [-0.1, -0.05) is 42.5 Å². The fourth-order valence-corrected chi connectivity index (χ4v) is 3.56. The van der Waals surface area contributed by atoms with Crippen molar-refractivity contribution in [2.24, 2.45) is 15.8 Å². The van der Waals surface area contributed by atoms with Gasteiger partial charge in [-0.05, 0) is 36.3 Å². The molecular formula is C24H25F3N6O2. The van der Waals surface area contributed by atoms with Crippen molar-refractivity contribution < 1.29 is 22.8 Å². The molecule has 35 heavy (non-hydrogen) atoms. The Balaban J connectivity index is 1.53. The van der Waals surface area contributed by atoms with Gasteiger partial charge < -0.3 is 11.1 Å². The summed E-state index contributed by atoms with van der Waals surface area (Å²) in [4.78, 5) is 21.9. The number of hydrazone groups is 1. The Hall–Kier alpha value is -3.70. The summed E-state index contributed by atoms with van der Waals surface area (Å²) in [5, 5.41) is 7.78. The fourth-order valence-electron chi connectivity index (χ4n) is 3.56. The van der Waals surface area contributed by atoms with Crippen LogP contribution in [0.25, 0.3) is 0 Å². The Morgan fingerprint density at radius 2 is 2.03 bits per heavy atom. The second-order valence-corrected chi connectivity index (χ2v) is 8.20. The van der Waals surface area contributed by atoms with Crippen molar-refractivity contribution in [2.75, 3.05) is 18.1 Å². The number of carbonyl (C=O) groups excluding carboxylic acids is 1. The Morgan fingerprint density at radius 3 is 2.69 bits per heavy atom. The van der Waals surface area contributed by atoms with Crippen molar-refractivity contribution in [3.05, 3.63) is 77.4 Å². The number of nitrogens with one attached hydrogen (secondary N) is 2. The van der Waals surface area contributed by atoms with Gasteiger partial charge in [0.05, 0.1) is 24.8 Å². The normalized spacial score (nSPS) is 19.2. The van der Waals surface area contributed by atoms with Crippen molar-refractivity contribution >= 4 is 23.1 Å². The van der Waals surface area contributed by atoms with Crippen LogP contribution in [-0.2, 0) is 16.2 Å². The van der Waals surface area contributed by atoms with Crippen molar-refractivity contribution in [1.29, 1.82) is 0 Å². The molecule has 2 aliphatic heterocycles. The van der Waals surface area contributed by atoms with Crippen molar-refractivity contribution in [3.8, 4) is 0 Å². The summed E-state index contributed by atoms with van der Waals surface area (Å²) in [5.74, 6) is 0.190. The largest absolute Gasteiger partial charge is 0.435 e. The quantitative estimate of drug-likeness (QED) is 0.583. The van der Waals surface area contributed by atoms with Crippen molar-refractivity contribution in [1.82, 2.24) is 10.8 Å². The number of halogens is 3. The van der Waals surface area contributed by atoms with Gasteiger partial charge in [0, 0.05) is 12.1 Å². The molecule has 0 bridgehead atoms. The zero-order chi connectivity index (χ0) is 25.0. The van der Waals surface area contributed by atoms with Gasteiger partial charge in [-0.25, -0.2) is 5.48 Å². The third-order valence-corrected chi connectivity index (χ3v) is 5.44. The van der Waals surface area contributed by atoms with E-state index >= 15 is 0 Å². The molecule has 0 radical (unpaired) electrons. The lowest BCUT2D eigenvalue weighted by Crippen LogP contribution is -2.42. The van der Waals surface area contributed by atoms with E-state index in [1.165, 1.54) is 5.01 Å². The number of benzene rings is 2. The highest BCUT2D eigenvalue weighted by Gasteiger charge is 2.39. The molecule has 2 aliphatic rings. The lowest BCUT2D eigenvalue weighted by Gasteiger charge is -2.31. The molecule has 0 saturated carbocycles. The number of rotatable bonds is 6. The maximum absolute atomic E-state index is 13.7. The van der Waals surface area contributed by atoms with Gasteiger partial charge in [-0.2, -0.15) is 18.3 Å². The topological polar surface area (TPSA) is 104 Å². The van der Waals surface area contributed by atoms with Crippen LogP contribution in [0.5, 0.6) is 0 Å². The number of alkyl halides is 3. The van der Waals surface area contributed by atoms with Crippen LogP contribution in [0.4, 0.5) is 18.9 Å². The summed E-state index contributed by atoms with van der Waals surface area (Å²) < 4.78 is 41.0. The number of aliphatic imine (C=N–C) groups is 1. The summed E-state index contributed by atoms with van der Waals surface area (Å²) >= 11 is 0. The van der Waals surface area contributed by atoms with Crippen LogP contribution >= 0.6 is 0 Å². The molecule has 0 fully saturated rings. The average Bonchev–Trinajstić information content (AvgIpc) is 2.87. The maximum atomic E-state index is 13.7. The standard InChI is InChI=1S/C24H25F3N6O2/c1-15(28)23(34)30-12-16-6-5-9-19(10-16)33-14-18(11-21(31-33)24(25,26)27)20-13-29-22(32-35-20)17-7-3-2-4-8-17/h2-11,15,20H,12-14,28H2,1H3,(H,29,32)(H,30,34). The first-order chi connectivity index (χ1) is 16.7. The second kappa shape index (κ2) is 10.3. The number of hydroxylamine groups is 1. The highest BCUT2D eigenvalue weighted by Crippen LogP contribution is 2.28. The number of nitrogens with two attached hydrogens (primary N) is 1. The van der Waals surface area contributed by atoms with Gasteiger partial charge in [0.25, 0.3) is 0 Å². The first kappa shape index (κ1) is 24.4. The number of anilines is 1. The first-order valence-corrected chi connectivity index (χ1v) is 11.0. The van der Waals surface area contributed by atoms with Crippen LogP contribution in [0.15, 0.2) is 76.3 Å². The van der Waals surface area contributed by atoms with E-state index in [0.29, 0.717) is 22.7 Å². The molecule has 184 valence electrons. The van der Waals surface area contributed by atoms with Crippen LogP contribution in [0.1, 0.15) is 18.1 Å². The van der Waals surface area contributed by atoms with Crippen LogP contribution in [-0.4, -0.2) is 48.9 Å². The highest BCUT2D eigenvalue weighted by molar-refractivity contribution is 6.02. The SMILES string of the molecule is CC(N)C(=O)NCc1cccc(N2CC(C3CN=C(c4ccccc4)NO3)=CC(C(F)(F)F)=N2)c1. The molecule has 8 nitrogen and oxygen atoms in total. The van der Waals surface area contributed by atoms with Gasteiger partial charge in [-0.15, -0.1) is 0 Å². The highest BCUT2D eigenvalue weighted by atomic mass is 19.4. The van der Waals surface area contributed by atoms with Crippen LogP contribution < -0.4 is 21.5 Å². The Kier molecular flexibility index (Phi) is 7.17. The molecule has 2 heterocycles. The number of nitrogens with zero attached hydrogens (tertiary/aromatic N) is 3. The molecule has 2 aromatic rings. The van der Waals surface area contributed by atoms with Gasteiger partial charge in [0.15, 0.2) is 11.5 Å². The molecule has 1 amide bonds. The number of carbonyl (C=O) groups is 1. The molecule has 0 aliphatic carbocycles. The maximum Gasteiger partial charge on any atom is 0.435 e. The lowest BCUT2D eigenvalue weighted by atomic mass is 10.0. The van der Waals surface area contributed by atoms with E-state index in [-0.39, 0.29) is 25.5 Å². The van der Waals surface area contributed by atoms with Gasteiger partial charge >= 0.3 is 6.18 Å². The minimum absolute atomic E-state index is 0.0811. The van der Waals surface area contributed by atoms with E-state index in [9.17, 15) is 18.0 Å². The summed E-state index contributed by atoms with van der Waals surface area (Å²) in [6, 6.07) is 15.4. The second-order valence-electron chi connectivity index (χ2n) is 8.20. The van der Waals surface area contributed by atoms with E-state index < -0.39 is 24.0 Å². The third-order valence-electron chi connectivity index (χ3n) is 5.44. The summed E-state index contributed by atoms with van der Waals surface area (Å²) in [6.45, 7) is 1.99. The first-order valence-electron chi connectivity index (χ1n) is 11.0. The van der Waals surface area contributed by atoms with Gasteiger partial charge in [0.2, 0.25) is 5.91 Å². The lowest BCUT2D eigenvalue weighted by molar-refractivity contribution is -0.122. The minimum Gasteiger partial charge on any atom is -0.351 e. The molecule has 2 unspecified atom stereocenters. The molecule has 4 N–H and O–H groups in total. The number of allylic oxidation sites excluding steroid dienone is 1. The number of amidine groups is 1. The van der Waals surface area contributed by atoms with E-state index in [4.69, 9.17) is 10.6 Å². The predicted octanol–water partition coefficient (Wildman–Crippen LogP) is 2.66. The van der Waals surface area contributed by atoms with Crippen molar-refractivity contribution in [2.45, 2.75) is 31.8 Å². The average molecular weight is 486 g/mol. The number of hydrogen-bond acceptors (Lipinski definition) is 7. The molecular weight excluding hydrogens is 461 g/mol. The van der Waals surface area contributed by atoms with Crippen molar-refractivity contribution in [3.63, 3.8) is 0 Å². The van der Waals surface area contributed by atoms with E-state index in [1.54, 1.807) is 31.2 Å². The Labute approximate surface area is 200 Å². The summed E-state index contributed by atoms with van der Waals surface area (Å²) in [5.41, 5.74) is 9.62. The van der Waals surface area contributed by atoms with Crippen LogP contribution in [0.3, 0.4) is 0 Å². The monoisotopic (exact) mass is 486 g/mol. The number of hydrogen-bond donors (Lipinski definition) is 3. The third kappa shape index (κ3) is 6.06. The summed E-state index contributed by atoms with van der Waals surface area (Å²) in [7, 11) is 0. The zero-order valence-electron chi connectivity index (χ0n) is 18.9. The van der Waals surface area contributed by atoms with Crippen LogP contribution in [0.2, 0.25) is 0 Å². The molecule has 4 rings (SSSR count). The molecule has 2 aromatic carbocycles. The van der Waals surface area contributed by atoms with Crippen LogP contribution in [0, 0.1) is 0 Å². The van der Waals surface area contributed by atoms with Gasteiger partial charge in [-0.3, -0.25) is 19.6 Å². The van der Waals surface area contributed by atoms with E-state index in [1.807, 2.05) is 30.3 Å². The van der Waals surface area contributed by atoms with E-state index in [2.05, 4.69) is 20.9 Å². The minimum atomic E-state index is -4.65. The molecule has 11 heteroatoms. The molecule has 0 aromatic heterocycles. The smallest absolute Gasteiger partial charge is 0.351 e.